The fourth-order valence-corrected chi connectivity index (χ4v) is 8.02. The number of aromatic hydroxyl groups is 1. The largest absolute Gasteiger partial charge is 0.507 e. The van der Waals surface area contributed by atoms with Crippen molar-refractivity contribution in [1.29, 1.82) is 0 Å². The number of rotatable bonds is 6. The number of benzene rings is 1. The predicted octanol–water partition coefficient (Wildman–Crippen LogP) is 5.16. The van der Waals surface area contributed by atoms with Crippen molar-refractivity contribution in [3.63, 3.8) is 0 Å². The van der Waals surface area contributed by atoms with Gasteiger partial charge in [-0.25, -0.2) is 4.79 Å². The summed E-state index contributed by atoms with van der Waals surface area (Å²) < 4.78 is 26.1. The van der Waals surface area contributed by atoms with Crippen LogP contribution in [-0.2, 0) is 30.9 Å². The Labute approximate surface area is 251 Å². The third-order valence-corrected chi connectivity index (χ3v) is 10.7. The van der Waals surface area contributed by atoms with Crippen molar-refractivity contribution in [3.05, 3.63) is 51.6 Å². The molecule has 1 saturated carbocycles. The molecular weight excluding hydrogens is 552 g/mol. The number of carbonyl (C=O) groups is 3. The van der Waals surface area contributed by atoms with Crippen molar-refractivity contribution in [1.82, 2.24) is 0 Å². The Morgan fingerprint density at radius 3 is 2.40 bits per heavy atom. The summed E-state index contributed by atoms with van der Waals surface area (Å²) in [5.74, 6) is -2.05. The number of carboxylic acid groups (broad SMARTS) is 1. The van der Waals surface area contributed by atoms with Crippen molar-refractivity contribution >= 4 is 17.5 Å². The number of hydrogen-bond acceptors (Lipinski definition) is 8. The van der Waals surface area contributed by atoms with E-state index in [0.29, 0.717) is 23.3 Å². The molecule has 7 rings (SSSR count). The molecule has 3 aliphatic heterocycles. The Morgan fingerprint density at radius 1 is 1.12 bits per heavy atom. The van der Waals surface area contributed by atoms with E-state index < -0.39 is 51.3 Å². The van der Waals surface area contributed by atoms with Crippen LogP contribution in [0.25, 0.3) is 0 Å². The number of methoxy groups -OCH3 is 1. The first-order valence-corrected chi connectivity index (χ1v) is 14.8. The van der Waals surface area contributed by atoms with E-state index in [9.17, 15) is 24.6 Å². The molecule has 2 N–H and O–H groups in total. The number of carbonyl (C=O) groups excluding carboxylic acids is 2. The van der Waals surface area contributed by atoms with E-state index in [1.165, 1.54) is 20.1 Å². The molecule has 1 spiro atoms. The number of hydrogen-bond donors (Lipinski definition) is 2. The summed E-state index contributed by atoms with van der Waals surface area (Å²) in [6.45, 7) is 15.1. The molecule has 6 aliphatic rings. The molecule has 9 nitrogen and oxygen atoms in total. The molecule has 1 aromatic carbocycles. The van der Waals surface area contributed by atoms with Crippen LogP contribution in [0.5, 0.6) is 17.2 Å². The molecule has 0 unspecified atom stereocenters. The molecule has 43 heavy (non-hydrogen) atoms. The highest BCUT2D eigenvalue weighted by molar-refractivity contribution is 6.20. The van der Waals surface area contributed by atoms with E-state index in [-0.39, 0.29) is 47.2 Å². The van der Waals surface area contributed by atoms with Gasteiger partial charge in [-0.05, 0) is 60.5 Å². The Bertz CT molecular complexity index is 1600. The fourth-order valence-electron chi connectivity index (χ4n) is 8.02. The molecule has 4 bridgehead atoms. The van der Waals surface area contributed by atoms with E-state index in [0.717, 1.165) is 5.57 Å². The Hall–Kier alpha value is -3.43. The molecule has 3 heterocycles. The summed E-state index contributed by atoms with van der Waals surface area (Å²) in [4.78, 5) is 41.2. The molecule has 230 valence electrons. The Balaban J connectivity index is 1.70. The van der Waals surface area contributed by atoms with Crippen LogP contribution in [0.3, 0.4) is 0 Å². The molecule has 9 heteroatoms. The first kappa shape index (κ1) is 29.6. The summed E-state index contributed by atoms with van der Waals surface area (Å²) in [6.07, 6.45) is 5.11. The minimum absolute atomic E-state index is 0.0365. The standard InChI is InChI=1S/C34H40O9/c1-16(2)10-11-19-24(35)22-25(36)20-14-32(40-9)15-21-31(7,8)43-33(29(32)39,13-12-17(3)28(37)38)34(20,21)42-27(22)23-26(19)41-18(4)30(23,5)6/h10,12,14,18,21,35H,11,13,15H2,1-9H3,(H,37,38)/b17-12-/t18-,21+,32-,33-,34-/m1/s1. The highest BCUT2D eigenvalue weighted by Gasteiger charge is 2.84. The van der Waals surface area contributed by atoms with Crippen LogP contribution >= 0.6 is 0 Å². The zero-order chi connectivity index (χ0) is 31.7. The van der Waals surface area contributed by atoms with Crippen LogP contribution in [0.4, 0.5) is 0 Å². The Kier molecular flexibility index (Phi) is 6.08. The molecule has 2 fully saturated rings. The van der Waals surface area contributed by atoms with Gasteiger partial charge in [-0.1, -0.05) is 31.6 Å². The van der Waals surface area contributed by atoms with Crippen LogP contribution in [0.15, 0.2) is 34.9 Å². The molecular formula is C34H40O9. The molecule has 0 amide bonds. The van der Waals surface area contributed by atoms with E-state index in [1.807, 2.05) is 54.5 Å². The second-order valence-corrected chi connectivity index (χ2v) is 14.0. The second kappa shape index (κ2) is 8.82. The van der Waals surface area contributed by atoms with Crippen molar-refractivity contribution in [2.45, 2.75) is 109 Å². The zero-order valence-electron chi connectivity index (χ0n) is 26.3. The second-order valence-electron chi connectivity index (χ2n) is 14.0. The summed E-state index contributed by atoms with van der Waals surface area (Å²) in [7, 11) is 1.43. The maximum absolute atomic E-state index is 14.8. The van der Waals surface area contributed by atoms with Crippen molar-refractivity contribution in [2.75, 3.05) is 7.11 Å². The summed E-state index contributed by atoms with van der Waals surface area (Å²) in [6, 6.07) is 0. The van der Waals surface area contributed by atoms with Gasteiger partial charge in [0.15, 0.2) is 17.0 Å². The minimum Gasteiger partial charge on any atom is -0.507 e. The number of allylic oxidation sites excluding steroid dienone is 2. The van der Waals surface area contributed by atoms with Crippen LogP contribution in [0.1, 0.15) is 89.7 Å². The number of ether oxygens (including phenoxy) is 4. The molecule has 1 saturated heterocycles. The molecule has 1 aromatic rings. The lowest BCUT2D eigenvalue weighted by Gasteiger charge is -2.59. The molecule has 0 radical (unpaired) electrons. The van der Waals surface area contributed by atoms with Gasteiger partial charge in [0.05, 0.1) is 5.60 Å². The van der Waals surface area contributed by atoms with E-state index in [4.69, 9.17) is 18.9 Å². The van der Waals surface area contributed by atoms with Gasteiger partial charge in [0.2, 0.25) is 5.78 Å². The van der Waals surface area contributed by atoms with Gasteiger partial charge >= 0.3 is 5.97 Å². The maximum Gasteiger partial charge on any atom is 0.330 e. The van der Waals surface area contributed by atoms with E-state index >= 15 is 0 Å². The predicted molar refractivity (Wildman–Crippen MR) is 157 cm³/mol. The van der Waals surface area contributed by atoms with E-state index in [2.05, 4.69) is 0 Å². The number of ketones is 2. The van der Waals surface area contributed by atoms with Gasteiger partial charge in [-0.15, -0.1) is 0 Å². The quantitative estimate of drug-likeness (QED) is 0.340. The van der Waals surface area contributed by atoms with Gasteiger partial charge in [-0.2, -0.15) is 0 Å². The number of phenols is 1. The van der Waals surface area contributed by atoms with Crippen molar-refractivity contribution < 1.29 is 43.5 Å². The molecule has 3 aliphatic carbocycles. The number of phenolic OH excluding ortho intramolecular Hbond substituents is 1. The lowest BCUT2D eigenvalue weighted by Crippen LogP contribution is -2.77. The van der Waals surface area contributed by atoms with Crippen molar-refractivity contribution in [2.24, 2.45) is 5.92 Å². The molecule has 5 atom stereocenters. The summed E-state index contributed by atoms with van der Waals surface area (Å²) >= 11 is 0. The van der Waals surface area contributed by atoms with Crippen molar-refractivity contribution in [3.8, 4) is 17.2 Å². The third-order valence-electron chi connectivity index (χ3n) is 10.7. The van der Waals surface area contributed by atoms with Crippen LogP contribution in [0, 0.1) is 5.92 Å². The fraction of sp³-hybridized carbons (Fsp3) is 0.559. The Morgan fingerprint density at radius 2 is 1.79 bits per heavy atom. The lowest BCUT2D eigenvalue weighted by molar-refractivity contribution is -0.190. The zero-order valence-corrected chi connectivity index (χ0v) is 26.3. The summed E-state index contributed by atoms with van der Waals surface area (Å²) in [5.41, 5.74) is -3.91. The summed E-state index contributed by atoms with van der Waals surface area (Å²) in [5, 5.41) is 21.4. The average Bonchev–Trinajstić information content (AvgIpc) is 3.25. The van der Waals surface area contributed by atoms with Crippen LogP contribution in [-0.4, -0.2) is 63.4 Å². The average molecular weight is 593 g/mol. The first-order valence-electron chi connectivity index (χ1n) is 14.8. The monoisotopic (exact) mass is 592 g/mol. The topological polar surface area (TPSA) is 129 Å². The van der Waals surface area contributed by atoms with Gasteiger partial charge < -0.3 is 29.2 Å². The van der Waals surface area contributed by atoms with Gasteiger partial charge in [0.25, 0.3) is 0 Å². The minimum atomic E-state index is -1.76. The highest BCUT2D eigenvalue weighted by Crippen LogP contribution is 2.70. The SMILES string of the molecule is CO[C@]12C=C3C(=O)c4c(O)c(CC=C(C)C)c5c(c4O[C@@]34[C@@H](C1)C(C)(C)O[C@]4(C/C=C(/C)C(=O)O)C2=O)C(C)(C)[C@@H](C)O5. The number of aliphatic carboxylic acids is 1. The van der Waals surface area contributed by atoms with Gasteiger partial charge in [0.1, 0.15) is 34.5 Å². The highest BCUT2D eigenvalue weighted by atomic mass is 16.6. The smallest absolute Gasteiger partial charge is 0.330 e. The normalized spacial score (nSPS) is 34.1. The molecule has 0 aromatic heterocycles. The number of Topliss-reactive ketones (excluding diaryl/α,β-unsaturated/α-hetero) is 2. The number of fused-ring (bicyclic) bond motifs is 3. The van der Waals surface area contributed by atoms with Gasteiger partial charge in [-0.3, -0.25) is 9.59 Å². The maximum atomic E-state index is 14.8. The first-order chi connectivity index (χ1) is 19.9. The lowest BCUT2D eigenvalue weighted by atomic mass is 9.49. The van der Waals surface area contributed by atoms with Crippen LogP contribution in [0.2, 0.25) is 0 Å². The van der Waals surface area contributed by atoms with Crippen LogP contribution < -0.4 is 9.47 Å². The third kappa shape index (κ3) is 3.43. The van der Waals surface area contributed by atoms with E-state index in [1.54, 1.807) is 6.08 Å². The van der Waals surface area contributed by atoms with Gasteiger partial charge in [0, 0.05) is 47.1 Å². The number of carboxylic acids is 1.